The standard InChI is InChI=1S/C16H23NO/c1-2-14(15-11-7-8-12-17-15)16(18)13-9-5-3-4-6-10-13/h7-8,11-14H,2-6,9-10H2,1H3. The highest BCUT2D eigenvalue weighted by molar-refractivity contribution is 5.87. The molecule has 0 aromatic carbocycles. The quantitative estimate of drug-likeness (QED) is 0.747. The van der Waals surface area contributed by atoms with Crippen LogP contribution >= 0.6 is 0 Å². The van der Waals surface area contributed by atoms with Crippen LogP contribution in [0.1, 0.15) is 63.5 Å². The molecule has 1 atom stereocenters. The van der Waals surface area contributed by atoms with E-state index in [1.807, 2.05) is 18.2 Å². The molecular formula is C16H23NO. The van der Waals surface area contributed by atoms with Crippen LogP contribution in [-0.2, 0) is 4.79 Å². The van der Waals surface area contributed by atoms with E-state index in [9.17, 15) is 4.79 Å². The lowest BCUT2D eigenvalue weighted by Gasteiger charge is -2.19. The second-order valence-corrected chi connectivity index (χ2v) is 5.31. The summed E-state index contributed by atoms with van der Waals surface area (Å²) >= 11 is 0. The number of nitrogens with zero attached hydrogens (tertiary/aromatic N) is 1. The maximum atomic E-state index is 12.6. The summed E-state index contributed by atoms with van der Waals surface area (Å²) in [5.74, 6) is 0.715. The lowest BCUT2D eigenvalue weighted by Crippen LogP contribution is -2.22. The zero-order chi connectivity index (χ0) is 12.8. The average molecular weight is 245 g/mol. The van der Waals surface area contributed by atoms with E-state index < -0.39 is 0 Å². The summed E-state index contributed by atoms with van der Waals surface area (Å²) in [6.07, 6.45) is 9.85. The summed E-state index contributed by atoms with van der Waals surface area (Å²) in [4.78, 5) is 17.0. The van der Waals surface area contributed by atoms with Crippen molar-refractivity contribution in [2.24, 2.45) is 5.92 Å². The number of hydrogen-bond acceptors (Lipinski definition) is 2. The molecule has 0 bridgehead atoms. The molecule has 1 saturated carbocycles. The molecule has 98 valence electrons. The minimum atomic E-state index is 0.00861. The van der Waals surface area contributed by atoms with Crippen LogP contribution in [0.15, 0.2) is 24.4 Å². The number of hydrogen-bond donors (Lipinski definition) is 0. The third kappa shape index (κ3) is 3.18. The van der Waals surface area contributed by atoms with Crippen molar-refractivity contribution in [2.45, 2.75) is 57.8 Å². The molecule has 1 aromatic rings. The van der Waals surface area contributed by atoms with Crippen molar-refractivity contribution in [3.05, 3.63) is 30.1 Å². The van der Waals surface area contributed by atoms with Crippen LogP contribution in [0.25, 0.3) is 0 Å². The monoisotopic (exact) mass is 245 g/mol. The Labute approximate surface area is 110 Å². The van der Waals surface area contributed by atoms with Gasteiger partial charge in [-0.15, -0.1) is 0 Å². The molecule has 1 heterocycles. The molecule has 18 heavy (non-hydrogen) atoms. The Morgan fingerprint density at radius 1 is 1.28 bits per heavy atom. The molecule has 2 heteroatoms. The van der Waals surface area contributed by atoms with E-state index in [0.717, 1.165) is 25.0 Å². The predicted octanol–water partition coefficient (Wildman–Crippen LogP) is 4.11. The molecule has 1 aromatic heterocycles. The Bertz CT molecular complexity index is 366. The fourth-order valence-corrected chi connectivity index (χ4v) is 2.99. The second-order valence-electron chi connectivity index (χ2n) is 5.31. The molecular weight excluding hydrogens is 222 g/mol. The lowest BCUT2D eigenvalue weighted by molar-refractivity contribution is -0.124. The van der Waals surface area contributed by atoms with Crippen LogP contribution in [0.2, 0.25) is 0 Å². The maximum Gasteiger partial charge on any atom is 0.144 e. The van der Waals surface area contributed by atoms with E-state index in [2.05, 4.69) is 11.9 Å². The third-order valence-electron chi connectivity index (χ3n) is 4.05. The Morgan fingerprint density at radius 2 is 2.00 bits per heavy atom. The summed E-state index contributed by atoms with van der Waals surface area (Å²) in [5, 5.41) is 0. The smallest absolute Gasteiger partial charge is 0.144 e. The SMILES string of the molecule is CCC(C(=O)C1CCCCCC1)c1ccccn1. The van der Waals surface area contributed by atoms with Gasteiger partial charge in [-0.25, -0.2) is 0 Å². The highest BCUT2D eigenvalue weighted by Gasteiger charge is 2.27. The van der Waals surface area contributed by atoms with Gasteiger partial charge < -0.3 is 0 Å². The van der Waals surface area contributed by atoms with Gasteiger partial charge in [0.15, 0.2) is 0 Å². The van der Waals surface area contributed by atoms with Gasteiger partial charge >= 0.3 is 0 Å². The normalized spacial score (nSPS) is 19.2. The third-order valence-corrected chi connectivity index (χ3v) is 4.05. The van der Waals surface area contributed by atoms with E-state index in [1.54, 1.807) is 6.20 Å². The molecule has 2 nitrogen and oxygen atoms in total. The van der Waals surface area contributed by atoms with E-state index in [0.29, 0.717) is 5.78 Å². The molecule has 0 N–H and O–H groups in total. The van der Waals surface area contributed by atoms with Crippen LogP contribution in [-0.4, -0.2) is 10.8 Å². The molecule has 1 aliphatic carbocycles. The first-order chi connectivity index (χ1) is 8.83. The molecule has 0 amide bonds. The van der Waals surface area contributed by atoms with Crippen LogP contribution in [0.5, 0.6) is 0 Å². The van der Waals surface area contributed by atoms with Crippen molar-refractivity contribution in [3.63, 3.8) is 0 Å². The van der Waals surface area contributed by atoms with Crippen LogP contribution in [0.3, 0.4) is 0 Å². The number of aromatic nitrogens is 1. The van der Waals surface area contributed by atoms with Crippen LogP contribution in [0.4, 0.5) is 0 Å². The fraction of sp³-hybridized carbons (Fsp3) is 0.625. The van der Waals surface area contributed by atoms with Gasteiger partial charge in [-0.1, -0.05) is 38.7 Å². The van der Waals surface area contributed by atoms with Crippen molar-refractivity contribution in [3.8, 4) is 0 Å². The zero-order valence-electron chi connectivity index (χ0n) is 11.3. The van der Waals surface area contributed by atoms with Gasteiger partial charge in [0.1, 0.15) is 5.78 Å². The predicted molar refractivity (Wildman–Crippen MR) is 73.5 cm³/mol. The Hall–Kier alpha value is -1.18. The summed E-state index contributed by atoms with van der Waals surface area (Å²) in [7, 11) is 0. The summed E-state index contributed by atoms with van der Waals surface area (Å²) in [6, 6.07) is 5.88. The number of pyridine rings is 1. The molecule has 1 aliphatic rings. The minimum absolute atomic E-state index is 0.00861. The molecule has 1 fully saturated rings. The molecule has 0 aliphatic heterocycles. The molecule has 0 radical (unpaired) electrons. The summed E-state index contributed by atoms with van der Waals surface area (Å²) in [5.41, 5.74) is 0.953. The van der Waals surface area contributed by atoms with Gasteiger partial charge in [-0.3, -0.25) is 9.78 Å². The topological polar surface area (TPSA) is 30.0 Å². The second kappa shape index (κ2) is 6.67. The van der Waals surface area contributed by atoms with Crippen molar-refractivity contribution < 1.29 is 4.79 Å². The average Bonchev–Trinajstić information content (AvgIpc) is 2.69. The van der Waals surface area contributed by atoms with Crippen molar-refractivity contribution in [1.29, 1.82) is 0 Å². The highest BCUT2D eigenvalue weighted by atomic mass is 16.1. The first-order valence-electron chi connectivity index (χ1n) is 7.27. The largest absolute Gasteiger partial charge is 0.299 e. The molecule has 0 spiro atoms. The Kier molecular flexibility index (Phi) is 4.91. The number of ketones is 1. The minimum Gasteiger partial charge on any atom is -0.299 e. The zero-order valence-corrected chi connectivity index (χ0v) is 11.3. The van der Waals surface area contributed by atoms with E-state index in [4.69, 9.17) is 0 Å². The van der Waals surface area contributed by atoms with Crippen LogP contribution < -0.4 is 0 Å². The van der Waals surface area contributed by atoms with Gasteiger partial charge in [-0.2, -0.15) is 0 Å². The number of carbonyl (C=O) groups is 1. The Morgan fingerprint density at radius 3 is 2.56 bits per heavy atom. The number of carbonyl (C=O) groups excluding carboxylic acids is 1. The van der Waals surface area contributed by atoms with Gasteiger partial charge in [0.05, 0.1) is 11.6 Å². The highest BCUT2D eigenvalue weighted by Crippen LogP contribution is 2.30. The first kappa shape index (κ1) is 13.3. The van der Waals surface area contributed by atoms with Gasteiger partial charge in [0, 0.05) is 12.1 Å². The van der Waals surface area contributed by atoms with Crippen molar-refractivity contribution in [1.82, 2.24) is 4.98 Å². The Balaban J connectivity index is 2.09. The fourth-order valence-electron chi connectivity index (χ4n) is 2.99. The van der Waals surface area contributed by atoms with Gasteiger partial charge in [0.25, 0.3) is 0 Å². The van der Waals surface area contributed by atoms with E-state index in [-0.39, 0.29) is 11.8 Å². The molecule has 2 rings (SSSR count). The first-order valence-corrected chi connectivity index (χ1v) is 7.27. The number of rotatable bonds is 4. The summed E-state index contributed by atoms with van der Waals surface area (Å²) < 4.78 is 0. The maximum absolute atomic E-state index is 12.6. The molecule has 1 unspecified atom stereocenters. The van der Waals surface area contributed by atoms with E-state index in [1.165, 1.54) is 25.7 Å². The van der Waals surface area contributed by atoms with Crippen molar-refractivity contribution in [2.75, 3.05) is 0 Å². The summed E-state index contributed by atoms with van der Waals surface area (Å²) in [6.45, 7) is 2.09. The van der Waals surface area contributed by atoms with Crippen molar-refractivity contribution >= 4 is 5.78 Å². The lowest BCUT2D eigenvalue weighted by atomic mass is 9.84. The van der Waals surface area contributed by atoms with Crippen LogP contribution in [0, 0.1) is 5.92 Å². The van der Waals surface area contributed by atoms with E-state index >= 15 is 0 Å². The van der Waals surface area contributed by atoms with Gasteiger partial charge in [0.2, 0.25) is 0 Å². The number of Topliss-reactive ketones (excluding diaryl/α,β-unsaturated/α-hetero) is 1. The van der Waals surface area contributed by atoms with Gasteiger partial charge in [-0.05, 0) is 31.4 Å². The molecule has 0 saturated heterocycles.